The van der Waals surface area contributed by atoms with E-state index < -0.39 is 5.54 Å². The van der Waals surface area contributed by atoms with Crippen LogP contribution in [0.5, 0.6) is 0 Å². The molecule has 5 nitrogen and oxygen atoms in total. The Kier molecular flexibility index (Phi) is 5.18. The van der Waals surface area contributed by atoms with Crippen LogP contribution in [0.2, 0.25) is 0 Å². The molecule has 5 heteroatoms. The van der Waals surface area contributed by atoms with Gasteiger partial charge in [0.05, 0.1) is 5.69 Å². The molecule has 3 aromatic rings. The topological polar surface area (TPSA) is 64.0 Å². The highest BCUT2D eigenvalue weighted by Gasteiger charge is 2.33. The fourth-order valence-corrected chi connectivity index (χ4v) is 3.31. The molecule has 0 saturated carbocycles. The van der Waals surface area contributed by atoms with Crippen LogP contribution in [0.1, 0.15) is 30.5 Å². The molecule has 1 amide bonds. The summed E-state index contributed by atoms with van der Waals surface area (Å²) in [5.74, 6) is -0.289. The smallest absolute Gasteiger partial charge is 0.267 e. The summed E-state index contributed by atoms with van der Waals surface area (Å²) in [5, 5.41) is 7.47. The van der Waals surface area contributed by atoms with Crippen molar-refractivity contribution in [3.63, 3.8) is 0 Å². The highest BCUT2D eigenvalue weighted by molar-refractivity contribution is 5.97. The fourth-order valence-electron chi connectivity index (χ4n) is 3.31. The van der Waals surface area contributed by atoms with Gasteiger partial charge in [-0.1, -0.05) is 48.0 Å². The zero-order valence-corrected chi connectivity index (χ0v) is 16.9. The van der Waals surface area contributed by atoms with Gasteiger partial charge in [0.2, 0.25) is 0 Å². The monoisotopic (exact) mass is 375 g/mol. The molecule has 0 unspecified atom stereocenters. The van der Waals surface area contributed by atoms with Crippen molar-refractivity contribution in [2.24, 2.45) is 0 Å². The molecular formula is C23H25N3O2. The summed E-state index contributed by atoms with van der Waals surface area (Å²) >= 11 is 0. The van der Waals surface area contributed by atoms with Gasteiger partial charge in [0.15, 0.2) is 0 Å². The molecule has 28 heavy (non-hydrogen) atoms. The maximum Gasteiger partial charge on any atom is 0.267 e. The van der Waals surface area contributed by atoms with Crippen molar-refractivity contribution >= 4 is 11.6 Å². The molecule has 0 fully saturated rings. The molecule has 1 N–H and O–H groups in total. The highest BCUT2D eigenvalue weighted by atomic mass is 16.2. The van der Waals surface area contributed by atoms with E-state index >= 15 is 0 Å². The predicted molar refractivity (Wildman–Crippen MR) is 113 cm³/mol. The van der Waals surface area contributed by atoms with Crippen molar-refractivity contribution in [2.45, 2.75) is 40.2 Å². The quantitative estimate of drug-likeness (QED) is 0.743. The molecule has 0 spiro atoms. The van der Waals surface area contributed by atoms with Gasteiger partial charge in [-0.25, -0.2) is 4.68 Å². The summed E-state index contributed by atoms with van der Waals surface area (Å²) in [5.41, 5.74) is 3.93. The van der Waals surface area contributed by atoms with E-state index in [0.29, 0.717) is 5.69 Å². The summed E-state index contributed by atoms with van der Waals surface area (Å²) in [6.45, 7) is 9.34. The summed E-state index contributed by atoms with van der Waals surface area (Å²) in [6, 6.07) is 16.8. The molecule has 144 valence electrons. The lowest BCUT2D eigenvalue weighted by Crippen LogP contribution is -2.47. The second-order valence-electron chi connectivity index (χ2n) is 7.62. The van der Waals surface area contributed by atoms with Gasteiger partial charge in [-0.3, -0.25) is 9.59 Å². The number of carbonyl (C=O) groups excluding carboxylic acids is 1. The summed E-state index contributed by atoms with van der Waals surface area (Å²) in [6.07, 6.45) is 0. The number of aromatic nitrogens is 2. The predicted octanol–water partition coefficient (Wildman–Crippen LogP) is 4.21. The van der Waals surface area contributed by atoms with Gasteiger partial charge in [-0.15, -0.1) is 0 Å². The van der Waals surface area contributed by atoms with E-state index in [1.807, 2.05) is 63.2 Å². The fraction of sp³-hybridized carbons (Fsp3) is 0.261. The van der Waals surface area contributed by atoms with Crippen molar-refractivity contribution in [2.75, 3.05) is 5.32 Å². The van der Waals surface area contributed by atoms with Gasteiger partial charge in [-0.05, 0) is 51.8 Å². The standard InChI is InChI=1S/C23H25N3O2/c1-15-13-16(2)21(17(3)14-15)24-22(28)23(4,5)26-20(27)12-11-19(25-26)18-9-7-6-8-10-18/h6-14H,1-5H3,(H,24,28). The SMILES string of the molecule is Cc1cc(C)c(NC(=O)C(C)(C)n2nc(-c3ccccc3)ccc2=O)c(C)c1. The first kappa shape index (κ1) is 19.5. The number of nitrogens with zero attached hydrogens (tertiary/aromatic N) is 2. The number of nitrogens with one attached hydrogen (secondary N) is 1. The molecule has 0 atom stereocenters. The molecule has 1 aromatic heterocycles. The first-order chi connectivity index (χ1) is 13.2. The van der Waals surface area contributed by atoms with Gasteiger partial charge < -0.3 is 5.32 Å². The third-order valence-corrected chi connectivity index (χ3v) is 4.87. The Labute approximate surface area is 165 Å². The van der Waals surface area contributed by atoms with Gasteiger partial charge in [0.1, 0.15) is 5.54 Å². The van der Waals surface area contributed by atoms with Crippen molar-refractivity contribution in [1.82, 2.24) is 9.78 Å². The number of hydrogen-bond acceptors (Lipinski definition) is 3. The minimum atomic E-state index is -1.16. The first-order valence-corrected chi connectivity index (χ1v) is 9.26. The number of carbonyl (C=O) groups is 1. The van der Waals surface area contributed by atoms with Crippen molar-refractivity contribution < 1.29 is 4.79 Å². The van der Waals surface area contributed by atoms with E-state index in [1.165, 1.54) is 10.7 Å². The Balaban J connectivity index is 1.99. The van der Waals surface area contributed by atoms with E-state index in [4.69, 9.17) is 0 Å². The molecule has 3 rings (SSSR count). The Hall–Kier alpha value is -3.21. The minimum absolute atomic E-state index is 0.289. The van der Waals surface area contributed by atoms with E-state index in [0.717, 1.165) is 27.9 Å². The summed E-state index contributed by atoms with van der Waals surface area (Å²) < 4.78 is 1.25. The maximum absolute atomic E-state index is 13.1. The van der Waals surface area contributed by atoms with Gasteiger partial charge in [-0.2, -0.15) is 5.10 Å². The largest absolute Gasteiger partial charge is 0.324 e. The van der Waals surface area contributed by atoms with Crippen LogP contribution >= 0.6 is 0 Å². The van der Waals surface area contributed by atoms with Crippen LogP contribution in [-0.4, -0.2) is 15.7 Å². The Bertz CT molecular complexity index is 1060. The highest BCUT2D eigenvalue weighted by Crippen LogP contribution is 2.25. The van der Waals surface area contributed by atoms with E-state index in [2.05, 4.69) is 10.4 Å². The minimum Gasteiger partial charge on any atom is -0.324 e. The lowest BCUT2D eigenvalue weighted by molar-refractivity contribution is -0.123. The van der Waals surface area contributed by atoms with Crippen LogP contribution in [0, 0.1) is 20.8 Å². The van der Waals surface area contributed by atoms with E-state index in [9.17, 15) is 9.59 Å². The number of amides is 1. The van der Waals surface area contributed by atoms with Crippen LogP contribution < -0.4 is 10.9 Å². The summed E-state index contributed by atoms with van der Waals surface area (Å²) in [4.78, 5) is 25.6. The zero-order chi connectivity index (χ0) is 20.5. The van der Waals surface area contributed by atoms with Crippen LogP contribution in [0.25, 0.3) is 11.3 Å². The third-order valence-electron chi connectivity index (χ3n) is 4.87. The molecule has 0 aliphatic carbocycles. The zero-order valence-electron chi connectivity index (χ0n) is 16.9. The van der Waals surface area contributed by atoms with Crippen molar-refractivity contribution in [3.05, 3.63) is 81.6 Å². The maximum atomic E-state index is 13.1. The lowest BCUT2D eigenvalue weighted by atomic mass is 10.0. The number of hydrogen-bond donors (Lipinski definition) is 1. The van der Waals surface area contributed by atoms with Crippen molar-refractivity contribution in [3.8, 4) is 11.3 Å². The molecule has 1 heterocycles. The molecule has 2 aromatic carbocycles. The van der Waals surface area contributed by atoms with Crippen LogP contribution in [0.4, 0.5) is 5.69 Å². The number of rotatable bonds is 4. The number of aryl methyl sites for hydroxylation is 3. The number of benzene rings is 2. The van der Waals surface area contributed by atoms with Gasteiger partial charge in [0.25, 0.3) is 11.5 Å². The molecular weight excluding hydrogens is 350 g/mol. The van der Waals surface area contributed by atoms with Gasteiger partial charge in [0, 0.05) is 17.3 Å². The van der Waals surface area contributed by atoms with Crippen LogP contribution in [-0.2, 0) is 10.3 Å². The second kappa shape index (κ2) is 7.43. The van der Waals surface area contributed by atoms with E-state index in [-0.39, 0.29) is 11.5 Å². The van der Waals surface area contributed by atoms with Crippen molar-refractivity contribution in [1.29, 1.82) is 0 Å². The molecule has 0 saturated heterocycles. The van der Waals surface area contributed by atoms with E-state index in [1.54, 1.807) is 19.9 Å². The summed E-state index contributed by atoms with van der Waals surface area (Å²) in [7, 11) is 0. The third kappa shape index (κ3) is 3.74. The second-order valence-corrected chi connectivity index (χ2v) is 7.62. The Morgan fingerprint density at radius 3 is 2.18 bits per heavy atom. The van der Waals surface area contributed by atoms with Crippen LogP contribution in [0.15, 0.2) is 59.4 Å². The Morgan fingerprint density at radius 1 is 0.964 bits per heavy atom. The van der Waals surface area contributed by atoms with Crippen LogP contribution in [0.3, 0.4) is 0 Å². The Morgan fingerprint density at radius 2 is 1.57 bits per heavy atom. The average molecular weight is 375 g/mol. The lowest BCUT2D eigenvalue weighted by Gasteiger charge is -2.26. The molecule has 0 aliphatic heterocycles. The molecule has 0 bridgehead atoms. The normalized spacial score (nSPS) is 11.3. The van der Waals surface area contributed by atoms with Gasteiger partial charge >= 0.3 is 0 Å². The number of anilines is 1. The molecule has 0 radical (unpaired) electrons. The molecule has 0 aliphatic rings. The average Bonchev–Trinajstić information content (AvgIpc) is 2.65. The first-order valence-electron chi connectivity index (χ1n) is 9.26.